The molecule has 0 fully saturated rings. The molecule has 6 nitrogen and oxygen atoms in total. The quantitative estimate of drug-likeness (QED) is 0.499. The van der Waals surface area contributed by atoms with E-state index >= 15 is 0 Å². The molecule has 0 aliphatic rings. The second-order valence-corrected chi connectivity index (χ2v) is 6.76. The number of halogens is 1. The topological polar surface area (TPSA) is 87.1 Å². The van der Waals surface area contributed by atoms with Gasteiger partial charge in [0.15, 0.2) is 0 Å². The van der Waals surface area contributed by atoms with E-state index in [1.807, 2.05) is 30.3 Å². The van der Waals surface area contributed by atoms with Gasteiger partial charge in [0.05, 0.1) is 6.04 Å². The van der Waals surface area contributed by atoms with Crippen molar-refractivity contribution in [1.29, 1.82) is 0 Å². The lowest BCUT2D eigenvalue weighted by molar-refractivity contribution is 0.0940. The summed E-state index contributed by atoms with van der Waals surface area (Å²) in [6, 6.07) is 15.0. The number of hydrogen-bond donors (Lipinski definition) is 3. The number of carbonyl (C=O) groups is 1. The number of phenolic OH excluding ortho intramolecular Hbond substituents is 1. The number of carbonyl (C=O) groups excluding carboxylic acids is 1. The second-order valence-electron chi connectivity index (χ2n) is 6.76. The summed E-state index contributed by atoms with van der Waals surface area (Å²) in [7, 11) is 1.55. The molecule has 1 amide bonds. The lowest BCUT2D eigenvalue weighted by Crippen LogP contribution is -2.35. The number of aromatic amines is 1. The number of benzene rings is 2. The molecule has 2 heterocycles. The monoisotopic (exact) mass is 391 g/mol. The van der Waals surface area contributed by atoms with Gasteiger partial charge >= 0.3 is 0 Å². The summed E-state index contributed by atoms with van der Waals surface area (Å²) in [6.45, 7) is 0. The van der Waals surface area contributed by atoms with Crippen LogP contribution >= 0.6 is 0 Å². The Morgan fingerprint density at radius 1 is 1.14 bits per heavy atom. The van der Waals surface area contributed by atoms with E-state index < -0.39 is 23.3 Å². The van der Waals surface area contributed by atoms with Crippen molar-refractivity contribution in [2.75, 3.05) is 0 Å². The first-order valence-corrected chi connectivity index (χ1v) is 8.96. The van der Waals surface area contributed by atoms with Crippen molar-refractivity contribution in [3.05, 3.63) is 99.9 Å². The standard InChI is InChI=1S/C22H18FN3O3/c1-26-10-4-6-15(22(26)29)21(28)25-20(16-12-14(23)8-9-19(16)27)18-11-13-5-2-3-7-17(13)24-18/h2-12,20,24,27H,1H3,(H,25,28). The van der Waals surface area contributed by atoms with E-state index in [9.17, 15) is 19.1 Å². The van der Waals surface area contributed by atoms with Crippen LogP contribution in [0.5, 0.6) is 5.75 Å². The van der Waals surface area contributed by atoms with E-state index in [0.29, 0.717) is 5.69 Å². The maximum Gasteiger partial charge on any atom is 0.263 e. The molecule has 0 spiro atoms. The van der Waals surface area contributed by atoms with Gasteiger partial charge in [-0.15, -0.1) is 0 Å². The normalized spacial score (nSPS) is 12.1. The van der Waals surface area contributed by atoms with Gasteiger partial charge in [-0.1, -0.05) is 18.2 Å². The van der Waals surface area contributed by atoms with Crippen molar-refractivity contribution in [2.45, 2.75) is 6.04 Å². The lowest BCUT2D eigenvalue weighted by Gasteiger charge is -2.19. The first kappa shape index (κ1) is 18.5. The van der Waals surface area contributed by atoms with Crippen LogP contribution in [0.15, 0.2) is 71.7 Å². The van der Waals surface area contributed by atoms with Crippen molar-refractivity contribution in [2.24, 2.45) is 7.05 Å². The van der Waals surface area contributed by atoms with E-state index in [4.69, 9.17) is 0 Å². The van der Waals surface area contributed by atoms with Crippen molar-refractivity contribution in [3.8, 4) is 5.75 Å². The summed E-state index contributed by atoms with van der Waals surface area (Å²) in [5.74, 6) is -1.35. The lowest BCUT2D eigenvalue weighted by atomic mass is 10.0. The van der Waals surface area contributed by atoms with Crippen LogP contribution in [-0.4, -0.2) is 20.6 Å². The SMILES string of the molecule is Cn1cccc(C(=O)NC(c2cc3ccccc3[nH]2)c2cc(F)ccc2O)c1=O. The average molecular weight is 391 g/mol. The molecule has 146 valence electrons. The van der Waals surface area contributed by atoms with Gasteiger partial charge in [-0.3, -0.25) is 9.59 Å². The van der Waals surface area contributed by atoms with Crippen molar-refractivity contribution < 1.29 is 14.3 Å². The zero-order chi connectivity index (χ0) is 20.5. The highest BCUT2D eigenvalue weighted by atomic mass is 19.1. The molecule has 4 aromatic rings. The number of fused-ring (bicyclic) bond motifs is 1. The Balaban J connectivity index is 1.82. The molecular formula is C22H18FN3O3. The molecular weight excluding hydrogens is 373 g/mol. The van der Waals surface area contributed by atoms with Gasteiger partial charge in [-0.05, 0) is 47.9 Å². The third-order valence-corrected chi connectivity index (χ3v) is 4.81. The summed E-state index contributed by atoms with van der Waals surface area (Å²) in [4.78, 5) is 28.4. The predicted molar refractivity (Wildman–Crippen MR) is 107 cm³/mol. The molecule has 1 unspecified atom stereocenters. The molecule has 7 heteroatoms. The number of nitrogens with one attached hydrogen (secondary N) is 2. The highest BCUT2D eigenvalue weighted by Gasteiger charge is 2.24. The van der Waals surface area contributed by atoms with E-state index in [1.54, 1.807) is 19.3 Å². The molecule has 4 rings (SSSR count). The minimum absolute atomic E-state index is 0.0491. The molecule has 0 aliphatic heterocycles. The summed E-state index contributed by atoms with van der Waals surface area (Å²) >= 11 is 0. The van der Waals surface area contributed by atoms with Crippen LogP contribution < -0.4 is 10.9 Å². The number of pyridine rings is 1. The summed E-state index contributed by atoms with van der Waals surface area (Å²) < 4.78 is 15.2. The molecule has 0 aliphatic carbocycles. The zero-order valence-electron chi connectivity index (χ0n) is 15.5. The Morgan fingerprint density at radius 3 is 2.72 bits per heavy atom. The molecule has 0 saturated carbocycles. The second kappa shape index (κ2) is 7.27. The molecule has 0 bridgehead atoms. The van der Waals surface area contributed by atoms with Crippen LogP contribution in [0.1, 0.15) is 27.7 Å². The Kier molecular flexibility index (Phi) is 4.64. The number of aromatic hydroxyl groups is 1. The van der Waals surface area contributed by atoms with Crippen LogP contribution in [0.2, 0.25) is 0 Å². The van der Waals surface area contributed by atoms with Gasteiger partial charge in [0, 0.05) is 30.0 Å². The van der Waals surface area contributed by atoms with E-state index in [1.165, 1.54) is 16.7 Å². The number of amides is 1. The number of aryl methyl sites for hydroxylation is 1. The Morgan fingerprint density at radius 2 is 1.93 bits per heavy atom. The fraction of sp³-hybridized carbons (Fsp3) is 0.0909. The highest BCUT2D eigenvalue weighted by molar-refractivity contribution is 5.94. The number of hydrogen-bond acceptors (Lipinski definition) is 3. The third kappa shape index (κ3) is 3.50. The number of nitrogens with zero attached hydrogens (tertiary/aromatic N) is 1. The molecule has 2 aromatic carbocycles. The van der Waals surface area contributed by atoms with E-state index in [0.717, 1.165) is 23.0 Å². The molecule has 0 radical (unpaired) electrons. The smallest absolute Gasteiger partial charge is 0.263 e. The predicted octanol–water partition coefficient (Wildman–Crippen LogP) is 3.23. The number of aromatic nitrogens is 2. The fourth-order valence-corrected chi connectivity index (χ4v) is 3.31. The highest BCUT2D eigenvalue weighted by Crippen LogP contribution is 2.31. The van der Waals surface area contributed by atoms with Crippen LogP contribution in [0.25, 0.3) is 10.9 Å². The van der Waals surface area contributed by atoms with Gasteiger partial charge in [0.25, 0.3) is 11.5 Å². The Labute approximate surface area is 165 Å². The first-order valence-electron chi connectivity index (χ1n) is 8.96. The minimum Gasteiger partial charge on any atom is -0.508 e. The number of rotatable bonds is 4. The number of H-pyrrole nitrogens is 1. The zero-order valence-corrected chi connectivity index (χ0v) is 15.5. The van der Waals surface area contributed by atoms with Crippen LogP contribution in [-0.2, 0) is 7.05 Å². The molecule has 3 N–H and O–H groups in total. The summed E-state index contributed by atoms with van der Waals surface area (Å²) in [5.41, 5.74) is 1.05. The first-order chi connectivity index (χ1) is 13.9. The van der Waals surface area contributed by atoms with Gasteiger partial charge in [0.2, 0.25) is 0 Å². The molecule has 1 atom stereocenters. The largest absolute Gasteiger partial charge is 0.508 e. The maximum absolute atomic E-state index is 13.9. The Bertz CT molecular complexity index is 1240. The Hall–Kier alpha value is -3.87. The molecule has 2 aromatic heterocycles. The van der Waals surface area contributed by atoms with Crippen LogP contribution in [0.4, 0.5) is 4.39 Å². The van der Waals surface area contributed by atoms with Gasteiger partial charge in [-0.25, -0.2) is 4.39 Å². The minimum atomic E-state index is -0.893. The van der Waals surface area contributed by atoms with E-state index in [2.05, 4.69) is 10.3 Å². The molecule has 29 heavy (non-hydrogen) atoms. The van der Waals surface area contributed by atoms with Gasteiger partial charge in [-0.2, -0.15) is 0 Å². The van der Waals surface area contributed by atoms with Crippen LogP contribution in [0.3, 0.4) is 0 Å². The summed E-state index contributed by atoms with van der Waals surface area (Å²) in [5, 5.41) is 14.0. The van der Waals surface area contributed by atoms with Crippen LogP contribution in [0, 0.1) is 5.82 Å². The van der Waals surface area contributed by atoms with Gasteiger partial charge in [0.1, 0.15) is 17.1 Å². The van der Waals surface area contributed by atoms with E-state index in [-0.39, 0.29) is 16.9 Å². The number of para-hydroxylation sites is 1. The fourth-order valence-electron chi connectivity index (χ4n) is 3.31. The average Bonchev–Trinajstić information content (AvgIpc) is 3.14. The number of phenols is 1. The van der Waals surface area contributed by atoms with Gasteiger partial charge < -0.3 is 20.0 Å². The summed E-state index contributed by atoms with van der Waals surface area (Å²) in [6.07, 6.45) is 1.55. The molecule has 0 saturated heterocycles. The van der Waals surface area contributed by atoms with Crippen molar-refractivity contribution in [1.82, 2.24) is 14.9 Å². The van der Waals surface area contributed by atoms with Crippen molar-refractivity contribution in [3.63, 3.8) is 0 Å². The van der Waals surface area contributed by atoms with Crippen molar-refractivity contribution >= 4 is 16.8 Å². The maximum atomic E-state index is 13.9. The third-order valence-electron chi connectivity index (χ3n) is 4.81.